The molecule has 0 amide bonds. The minimum Gasteiger partial charge on any atom is -0.508 e. The molecule has 3 heteroatoms. The number of hydrogen-bond donors (Lipinski definition) is 2. The van der Waals surface area contributed by atoms with Crippen LogP contribution in [0.5, 0.6) is 5.75 Å². The molecule has 0 atom stereocenters. The molecule has 0 unspecified atom stereocenters. The third kappa shape index (κ3) is 1.74. The van der Waals surface area contributed by atoms with Gasteiger partial charge in [0.2, 0.25) is 0 Å². The Labute approximate surface area is 94.9 Å². The highest BCUT2D eigenvalue weighted by Gasteiger charge is 2.11. The summed E-state index contributed by atoms with van der Waals surface area (Å²) < 4.78 is 0. The minimum absolute atomic E-state index is 0.246. The molecule has 0 radical (unpaired) electrons. The highest BCUT2D eigenvalue weighted by atomic mass is 16.3. The van der Waals surface area contributed by atoms with Crippen molar-refractivity contribution in [3.8, 4) is 5.75 Å². The van der Waals surface area contributed by atoms with Gasteiger partial charge in [-0.25, -0.2) is 0 Å². The van der Waals surface area contributed by atoms with E-state index < -0.39 is 0 Å². The van der Waals surface area contributed by atoms with Gasteiger partial charge in [-0.3, -0.25) is 4.98 Å². The van der Waals surface area contributed by atoms with E-state index in [1.807, 2.05) is 6.07 Å². The summed E-state index contributed by atoms with van der Waals surface area (Å²) in [5, 5.41) is 10.5. The average molecular weight is 216 g/mol. The molecule has 3 nitrogen and oxygen atoms in total. The maximum absolute atomic E-state index is 9.42. The largest absolute Gasteiger partial charge is 0.508 e. The number of pyridine rings is 1. The number of phenolic OH excluding ortho intramolecular Hbond substituents is 1. The van der Waals surface area contributed by atoms with Gasteiger partial charge in [0.1, 0.15) is 5.75 Å². The number of aromatic hydroxyl groups is 1. The SMILES string of the molecule is CC(C)c1c(CN)cnc2cc(O)ccc12. The minimum atomic E-state index is 0.246. The van der Waals surface area contributed by atoms with Crippen molar-refractivity contribution in [1.29, 1.82) is 0 Å². The van der Waals surface area contributed by atoms with Crippen LogP contribution in [0.15, 0.2) is 24.4 Å². The Hall–Kier alpha value is -1.61. The topological polar surface area (TPSA) is 59.1 Å². The molecule has 1 aromatic heterocycles. The molecule has 2 aromatic rings. The zero-order valence-corrected chi connectivity index (χ0v) is 9.57. The summed E-state index contributed by atoms with van der Waals surface area (Å²) in [5.41, 5.74) is 8.85. The second-order valence-corrected chi connectivity index (χ2v) is 4.26. The van der Waals surface area contributed by atoms with Gasteiger partial charge < -0.3 is 10.8 Å². The normalized spacial score (nSPS) is 11.2. The summed E-state index contributed by atoms with van der Waals surface area (Å²) in [6, 6.07) is 5.28. The molecule has 0 aliphatic carbocycles. The van der Waals surface area contributed by atoms with E-state index in [1.165, 1.54) is 5.56 Å². The number of nitrogens with two attached hydrogens (primary N) is 1. The molecule has 0 spiro atoms. The Morgan fingerprint density at radius 3 is 2.75 bits per heavy atom. The maximum Gasteiger partial charge on any atom is 0.117 e. The van der Waals surface area contributed by atoms with E-state index in [4.69, 9.17) is 5.73 Å². The third-order valence-corrected chi connectivity index (χ3v) is 2.77. The summed E-state index contributed by atoms with van der Waals surface area (Å²) in [6.07, 6.45) is 1.80. The first-order chi connectivity index (χ1) is 7.63. The predicted octanol–water partition coefficient (Wildman–Crippen LogP) is 2.52. The van der Waals surface area contributed by atoms with Gasteiger partial charge in [0, 0.05) is 24.2 Å². The fourth-order valence-corrected chi connectivity index (χ4v) is 2.09. The summed E-state index contributed by atoms with van der Waals surface area (Å²) in [7, 11) is 0. The van der Waals surface area contributed by atoms with Gasteiger partial charge in [-0.1, -0.05) is 13.8 Å². The number of benzene rings is 1. The molecule has 0 saturated carbocycles. The van der Waals surface area contributed by atoms with Gasteiger partial charge in [0.25, 0.3) is 0 Å². The first-order valence-corrected chi connectivity index (χ1v) is 5.44. The van der Waals surface area contributed by atoms with Crippen molar-refractivity contribution >= 4 is 10.9 Å². The highest BCUT2D eigenvalue weighted by molar-refractivity contribution is 5.84. The van der Waals surface area contributed by atoms with Gasteiger partial charge in [0.15, 0.2) is 0 Å². The Balaban J connectivity index is 2.79. The molecule has 0 aliphatic heterocycles. The summed E-state index contributed by atoms with van der Waals surface area (Å²) >= 11 is 0. The van der Waals surface area contributed by atoms with Crippen molar-refractivity contribution in [2.75, 3.05) is 0 Å². The Morgan fingerprint density at radius 1 is 1.38 bits per heavy atom. The molecular weight excluding hydrogens is 200 g/mol. The van der Waals surface area contributed by atoms with Crippen LogP contribution < -0.4 is 5.73 Å². The number of hydrogen-bond acceptors (Lipinski definition) is 3. The summed E-state index contributed by atoms with van der Waals surface area (Å²) in [5.74, 6) is 0.642. The van der Waals surface area contributed by atoms with Crippen LogP contribution in [0.4, 0.5) is 0 Å². The van der Waals surface area contributed by atoms with E-state index in [1.54, 1.807) is 18.3 Å². The third-order valence-electron chi connectivity index (χ3n) is 2.77. The van der Waals surface area contributed by atoms with E-state index in [2.05, 4.69) is 18.8 Å². The molecular formula is C13H16N2O. The molecule has 1 heterocycles. The average Bonchev–Trinajstić information content (AvgIpc) is 2.26. The smallest absolute Gasteiger partial charge is 0.117 e. The fourth-order valence-electron chi connectivity index (χ4n) is 2.09. The van der Waals surface area contributed by atoms with Crippen LogP contribution >= 0.6 is 0 Å². The fraction of sp³-hybridized carbons (Fsp3) is 0.308. The van der Waals surface area contributed by atoms with Gasteiger partial charge in [0.05, 0.1) is 5.52 Å². The van der Waals surface area contributed by atoms with E-state index in [0.717, 1.165) is 16.5 Å². The lowest BCUT2D eigenvalue weighted by atomic mass is 9.94. The zero-order chi connectivity index (χ0) is 11.7. The standard InChI is InChI=1S/C13H16N2O/c1-8(2)13-9(6-14)7-15-12-5-10(16)3-4-11(12)13/h3-5,7-8,16H,6,14H2,1-2H3. The molecule has 2 rings (SSSR count). The second kappa shape index (κ2) is 4.10. The molecule has 1 aromatic carbocycles. The Kier molecular flexibility index (Phi) is 2.79. The van der Waals surface area contributed by atoms with Crippen molar-refractivity contribution in [3.63, 3.8) is 0 Å². The molecule has 84 valence electrons. The molecule has 0 fully saturated rings. The zero-order valence-electron chi connectivity index (χ0n) is 9.57. The highest BCUT2D eigenvalue weighted by Crippen LogP contribution is 2.29. The van der Waals surface area contributed by atoms with Crippen molar-refractivity contribution in [2.24, 2.45) is 5.73 Å². The van der Waals surface area contributed by atoms with Crippen LogP contribution in [0, 0.1) is 0 Å². The van der Waals surface area contributed by atoms with Crippen LogP contribution in [-0.2, 0) is 6.54 Å². The first kappa shape index (κ1) is 10.9. The molecule has 0 saturated heterocycles. The molecule has 0 bridgehead atoms. The summed E-state index contributed by atoms with van der Waals surface area (Å²) in [6.45, 7) is 4.78. The van der Waals surface area contributed by atoms with Crippen LogP contribution in [0.1, 0.15) is 30.9 Å². The molecule has 16 heavy (non-hydrogen) atoms. The predicted molar refractivity (Wildman–Crippen MR) is 65.4 cm³/mol. The number of phenols is 1. The van der Waals surface area contributed by atoms with Crippen LogP contribution in [0.25, 0.3) is 10.9 Å². The van der Waals surface area contributed by atoms with Crippen LogP contribution in [0.2, 0.25) is 0 Å². The van der Waals surface area contributed by atoms with E-state index in [9.17, 15) is 5.11 Å². The van der Waals surface area contributed by atoms with E-state index >= 15 is 0 Å². The van der Waals surface area contributed by atoms with Gasteiger partial charge in [-0.2, -0.15) is 0 Å². The van der Waals surface area contributed by atoms with Crippen molar-refractivity contribution < 1.29 is 5.11 Å². The lowest BCUT2D eigenvalue weighted by Crippen LogP contribution is -2.04. The lowest BCUT2D eigenvalue weighted by Gasteiger charge is -2.14. The van der Waals surface area contributed by atoms with E-state index in [0.29, 0.717) is 12.5 Å². The first-order valence-electron chi connectivity index (χ1n) is 5.44. The number of aromatic nitrogens is 1. The van der Waals surface area contributed by atoms with Crippen molar-refractivity contribution in [2.45, 2.75) is 26.3 Å². The maximum atomic E-state index is 9.42. The molecule has 0 aliphatic rings. The quantitative estimate of drug-likeness (QED) is 0.811. The number of rotatable bonds is 2. The van der Waals surface area contributed by atoms with Gasteiger partial charge >= 0.3 is 0 Å². The van der Waals surface area contributed by atoms with Crippen molar-refractivity contribution in [1.82, 2.24) is 4.98 Å². The second-order valence-electron chi connectivity index (χ2n) is 4.26. The van der Waals surface area contributed by atoms with Crippen LogP contribution in [-0.4, -0.2) is 10.1 Å². The van der Waals surface area contributed by atoms with E-state index in [-0.39, 0.29) is 5.75 Å². The molecule has 3 N–H and O–H groups in total. The van der Waals surface area contributed by atoms with Gasteiger partial charge in [-0.05, 0) is 29.2 Å². The lowest BCUT2D eigenvalue weighted by molar-refractivity contribution is 0.476. The monoisotopic (exact) mass is 216 g/mol. The number of nitrogens with zero attached hydrogens (tertiary/aromatic N) is 1. The number of fused-ring (bicyclic) bond motifs is 1. The Bertz CT molecular complexity index is 521. The Morgan fingerprint density at radius 2 is 2.12 bits per heavy atom. The van der Waals surface area contributed by atoms with Crippen LogP contribution in [0.3, 0.4) is 0 Å². The summed E-state index contributed by atoms with van der Waals surface area (Å²) in [4.78, 5) is 4.32. The van der Waals surface area contributed by atoms with Crippen molar-refractivity contribution in [3.05, 3.63) is 35.5 Å². The van der Waals surface area contributed by atoms with Gasteiger partial charge in [-0.15, -0.1) is 0 Å².